The van der Waals surface area contributed by atoms with E-state index in [9.17, 15) is 0 Å². The Kier molecular flexibility index (Phi) is 9.47. The third kappa shape index (κ3) is 6.85. The summed E-state index contributed by atoms with van der Waals surface area (Å²) in [5.41, 5.74) is 6.62. The zero-order valence-electron chi connectivity index (χ0n) is 21.6. The van der Waals surface area contributed by atoms with E-state index in [1.165, 1.54) is 62.1 Å². The summed E-state index contributed by atoms with van der Waals surface area (Å²) in [5, 5.41) is 6.03. The molecule has 0 atom stereocenters. The number of hydrogen-bond donors (Lipinski definition) is 0. The Balaban J connectivity index is 0.000000141. The second-order valence-electron chi connectivity index (χ2n) is 11.4. The van der Waals surface area contributed by atoms with Crippen LogP contribution in [0.25, 0.3) is 21.5 Å². The molecule has 0 bridgehead atoms. The molecule has 36 heavy (non-hydrogen) atoms. The van der Waals surface area contributed by atoms with Crippen LogP contribution in [0.1, 0.15) is 97.3 Å². The van der Waals surface area contributed by atoms with Crippen molar-refractivity contribution in [2.24, 2.45) is 0 Å². The van der Waals surface area contributed by atoms with E-state index in [0.29, 0.717) is 0 Å². The van der Waals surface area contributed by atoms with Crippen molar-refractivity contribution in [3.8, 4) is 0 Å². The Bertz CT molecular complexity index is 1230. The molecule has 0 nitrogen and oxygen atoms in total. The number of hydrogen-bond acceptors (Lipinski definition) is 0. The van der Waals surface area contributed by atoms with Crippen LogP contribution in [0.5, 0.6) is 0 Å². The first kappa shape index (κ1) is 28.4. The number of fused-ring (bicyclic) bond motifs is 2. The van der Waals surface area contributed by atoms with Gasteiger partial charge in [0.15, 0.2) is 0 Å². The van der Waals surface area contributed by atoms with Crippen molar-refractivity contribution in [2.45, 2.75) is 88.1 Å². The largest absolute Gasteiger partial charge is 0.164 e. The summed E-state index contributed by atoms with van der Waals surface area (Å²) in [6.07, 6.45) is 11.3. The summed E-state index contributed by atoms with van der Waals surface area (Å²) in [6.45, 7) is 4.62. The van der Waals surface area contributed by atoms with Crippen molar-refractivity contribution in [3.05, 3.63) is 82.9 Å². The van der Waals surface area contributed by atoms with Gasteiger partial charge in [-0.15, -0.1) is 93.9 Å². The van der Waals surface area contributed by atoms with Crippen LogP contribution in [0.15, 0.2) is 60.7 Å². The normalized spacial score (nSPS) is 18.3. The summed E-state index contributed by atoms with van der Waals surface area (Å²) in [6, 6.07) is 23.4. The monoisotopic (exact) mass is 610 g/mol. The molecule has 4 heteroatoms. The minimum atomic E-state index is 0. The topological polar surface area (TPSA) is 0 Å². The first-order chi connectivity index (χ1) is 16.6. The van der Waals surface area contributed by atoms with Gasteiger partial charge in [0, 0.05) is 0 Å². The summed E-state index contributed by atoms with van der Waals surface area (Å²) in [5.74, 6) is 3.54. The summed E-state index contributed by atoms with van der Waals surface area (Å²) in [4.78, 5) is 0. The molecule has 4 fully saturated rings. The van der Waals surface area contributed by atoms with Gasteiger partial charge in [0.25, 0.3) is 0 Å². The molecule has 0 heterocycles. The van der Waals surface area contributed by atoms with E-state index in [1.807, 2.05) is 0 Å². The maximum absolute atomic E-state index is 2.46. The van der Waals surface area contributed by atoms with E-state index in [1.54, 1.807) is 56.4 Å². The molecule has 4 aliphatic rings. The number of halogens is 2. The molecule has 0 amide bonds. The predicted molar refractivity (Wildman–Crippen MR) is 159 cm³/mol. The quantitative estimate of drug-likeness (QED) is 0.159. The Morgan fingerprint density at radius 3 is 1.25 bits per heavy atom. The van der Waals surface area contributed by atoms with Crippen LogP contribution in [0.4, 0.5) is 0 Å². The smallest absolute Gasteiger partial charge is 0.0251 e. The molecule has 4 aromatic rings. The molecule has 0 N–H and O–H groups in total. The average molecular weight is 613 g/mol. The maximum Gasteiger partial charge on any atom is -0.0251 e. The first-order valence-electron chi connectivity index (χ1n) is 13.5. The van der Waals surface area contributed by atoms with E-state index >= 15 is 0 Å². The Morgan fingerprint density at radius 2 is 0.944 bits per heavy atom. The summed E-state index contributed by atoms with van der Waals surface area (Å²) < 4.78 is 0. The molecule has 4 aromatic carbocycles. The van der Waals surface area contributed by atoms with Gasteiger partial charge in [-0.1, -0.05) is 23.3 Å². The van der Waals surface area contributed by atoms with Crippen LogP contribution < -0.4 is 0 Å². The van der Waals surface area contributed by atoms with Gasteiger partial charge in [-0.3, -0.25) is 0 Å². The van der Waals surface area contributed by atoms with Gasteiger partial charge in [0.1, 0.15) is 0 Å². The van der Waals surface area contributed by atoms with Crippen molar-refractivity contribution in [1.29, 1.82) is 0 Å². The minimum Gasteiger partial charge on any atom is -0.164 e. The van der Waals surface area contributed by atoms with Gasteiger partial charge in [-0.25, -0.2) is 0 Å². The van der Waals surface area contributed by atoms with Crippen molar-refractivity contribution in [2.75, 3.05) is 0 Å². The van der Waals surface area contributed by atoms with Crippen molar-refractivity contribution >= 4 is 51.8 Å². The van der Waals surface area contributed by atoms with Gasteiger partial charge in [0.2, 0.25) is 0 Å². The molecule has 0 unspecified atom stereocenters. The third-order valence-electron chi connectivity index (χ3n) is 7.75. The Hall–Kier alpha value is -0.660. The molecule has 4 aliphatic carbocycles. The number of benzene rings is 2. The molecule has 4 saturated carbocycles. The Morgan fingerprint density at radius 1 is 0.611 bits per heavy atom. The molecular formula is C32H38Cl2SiZr. The van der Waals surface area contributed by atoms with Gasteiger partial charge in [-0.2, -0.15) is 12.1 Å². The van der Waals surface area contributed by atoms with E-state index in [2.05, 4.69) is 73.8 Å². The van der Waals surface area contributed by atoms with Crippen LogP contribution in [-0.2, 0) is 23.3 Å². The van der Waals surface area contributed by atoms with Crippen molar-refractivity contribution in [3.63, 3.8) is 0 Å². The molecule has 0 spiro atoms. The van der Waals surface area contributed by atoms with E-state index < -0.39 is 0 Å². The molecule has 0 aromatic heterocycles. The van der Waals surface area contributed by atoms with Gasteiger partial charge in [-0.05, 0) is 75.0 Å². The second-order valence-corrected chi connectivity index (χ2v) is 20.7. The van der Waals surface area contributed by atoms with Gasteiger partial charge in [0.05, 0.1) is 0 Å². The molecule has 0 saturated heterocycles. The Labute approximate surface area is 244 Å². The second kappa shape index (κ2) is 12.0. The molecular weight excluding hydrogens is 575 g/mol. The fourth-order valence-corrected chi connectivity index (χ4v) is 5.37. The van der Waals surface area contributed by atoms with Crippen LogP contribution >= 0.6 is 24.8 Å². The fourth-order valence-electron chi connectivity index (χ4n) is 5.37. The van der Waals surface area contributed by atoms with Crippen molar-refractivity contribution in [1.82, 2.24) is 0 Å². The van der Waals surface area contributed by atoms with Crippen molar-refractivity contribution < 1.29 is 23.3 Å². The zero-order valence-corrected chi connectivity index (χ0v) is 26.6. The third-order valence-corrected chi connectivity index (χ3v) is 7.75. The predicted octanol–water partition coefficient (Wildman–Crippen LogP) is 10.3. The maximum atomic E-state index is 2.46. The molecule has 0 aliphatic heterocycles. The van der Waals surface area contributed by atoms with E-state index in [4.69, 9.17) is 0 Å². The molecule has 8 rings (SSSR count). The molecule has 0 radical (unpaired) electrons. The van der Waals surface area contributed by atoms with Crippen LogP contribution in [0.2, 0.25) is 13.1 Å². The summed E-state index contributed by atoms with van der Waals surface area (Å²) in [7, 11) is 0. The van der Waals surface area contributed by atoms with Crippen LogP contribution in [0, 0.1) is 0 Å². The minimum absolute atomic E-state index is 0. The standard InChI is InChI=1S/2C15H15.C2H6Si.2ClH.Zr/c2*1-2-12-8-13(10-4-5-10)9-15(12)14(3-1)11-6-7-11;1-3-2;;;/h2*1-3,8-11H,4-7H2;1-2H3;2*1H;/q2*-1;;;;+2. The first-order valence-corrected chi connectivity index (χ1v) is 19.7. The van der Waals surface area contributed by atoms with Crippen LogP contribution in [0.3, 0.4) is 0 Å². The fraction of sp³-hybridized carbons (Fsp3) is 0.438. The molecule has 188 valence electrons. The van der Waals surface area contributed by atoms with Gasteiger partial charge >= 0.3 is 41.9 Å². The van der Waals surface area contributed by atoms with Gasteiger partial charge < -0.3 is 0 Å². The van der Waals surface area contributed by atoms with E-state index in [0.717, 1.165) is 23.7 Å². The summed E-state index contributed by atoms with van der Waals surface area (Å²) >= 11 is 1.74. The number of rotatable bonds is 4. The average Bonchev–Trinajstić information content (AvgIpc) is 3.66. The van der Waals surface area contributed by atoms with Crippen LogP contribution in [-0.4, -0.2) is 5.43 Å². The SMILES string of the molecule is C[Si](C)=[Zr+2].Cl.Cl.c1cc(C2CC2)c2cc(C3CC3)[cH-]c2c1.c1cc(C2CC2)c2cc(C3CC3)[cH-]c2c1. The van der Waals surface area contributed by atoms with E-state index in [-0.39, 0.29) is 30.2 Å². The zero-order chi connectivity index (χ0) is 23.2.